The van der Waals surface area contributed by atoms with Crippen LogP contribution in [0.15, 0.2) is 40.8 Å². The maximum atomic E-state index is 6.24. The molecule has 2 heterocycles. The third kappa shape index (κ3) is 2.83. The Morgan fingerprint density at radius 2 is 2.00 bits per heavy atom. The molecule has 0 spiro atoms. The number of aromatic nitrogens is 1. The maximum absolute atomic E-state index is 6.24. The summed E-state index contributed by atoms with van der Waals surface area (Å²) in [5, 5.41) is 3.51. The highest BCUT2D eigenvalue weighted by Gasteiger charge is 2.16. The Labute approximate surface area is 140 Å². The molecule has 5 nitrogen and oxygen atoms in total. The summed E-state index contributed by atoms with van der Waals surface area (Å²) in [5.41, 5.74) is 11.6. The van der Waals surface area contributed by atoms with Crippen molar-refractivity contribution in [3.05, 3.63) is 42.0 Å². The van der Waals surface area contributed by atoms with Gasteiger partial charge in [-0.05, 0) is 49.6 Å². The molecule has 0 saturated carbocycles. The van der Waals surface area contributed by atoms with Crippen molar-refractivity contribution in [1.29, 1.82) is 0 Å². The number of hydrogen-bond acceptors (Lipinski definition) is 5. The van der Waals surface area contributed by atoms with Gasteiger partial charge in [0.25, 0.3) is 0 Å². The molecule has 0 bridgehead atoms. The van der Waals surface area contributed by atoms with E-state index >= 15 is 0 Å². The van der Waals surface area contributed by atoms with Crippen LogP contribution in [0.5, 0.6) is 0 Å². The van der Waals surface area contributed by atoms with E-state index in [0.29, 0.717) is 17.6 Å². The fraction of sp³-hybridized carbons (Fsp3) is 0.316. The third-order valence-corrected chi connectivity index (χ3v) is 4.50. The van der Waals surface area contributed by atoms with E-state index in [9.17, 15) is 0 Å². The van der Waals surface area contributed by atoms with Gasteiger partial charge in [0.05, 0.1) is 11.4 Å². The zero-order valence-electron chi connectivity index (χ0n) is 13.7. The summed E-state index contributed by atoms with van der Waals surface area (Å²) in [5.74, 6) is 0.601. The first-order valence-corrected chi connectivity index (χ1v) is 8.31. The lowest BCUT2D eigenvalue weighted by Crippen LogP contribution is -2.28. The van der Waals surface area contributed by atoms with Crippen molar-refractivity contribution in [3.63, 3.8) is 0 Å². The zero-order valence-corrected chi connectivity index (χ0v) is 13.7. The van der Waals surface area contributed by atoms with Crippen molar-refractivity contribution in [2.75, 3.05) is 24.3 Å². The smallest absolute Gasteiger partial charge is 0.227 e. The van der Waals surface area contributed by atoms with Crippen molar-refractivity contribution in [2.24, 2.45) is 0 Å². The number of nitrogens with zero attached hydrogens (tertiary/aromatic N) is 1. The fourth-order valence-electron chi connectivity index (χ4n) is 3.10. The van der Waals surface area contributed by atoms with Crippen LogP contribution in [0, 0.1) is 6.92 Å². The molecule has 0 atom stereocenters. The van der Waals surface area contributed by atoms with Crippen LogP contribution in [0.1, 0.15) is 18.4 Å². The van der Waals surface area contributed by atoms with E-state index in [4.69, 9.17) is 14.9 Å². The molecule has 3 aromatic rings. The largest absolute Gasteiger partial charge is 0.436 e. The number of nitrogen functional groups attached to an aromatic ring is 1. The number of anilines is 2. The zero-order chi connectivity index (χ0) is 16.5. The van der Waals surface area contributed by atoms with Gasteiger partial charge in [0.2, 0.25) is 5.89 Å². The Morgan fingerprint density at radius 3 is 2.75 bits per heavy atom. The lowest BCUT2D eigenvalue weighted by Gasteiger charge is -2.24. The van der Waals surface area contributed by atoms with Gasteiger partial charge in [-0.15, -0.1) is 0 Å². The number of fused-ring (bicyclic) bond motifs is 1. The molecule has 1 aromatic heterocycles. The summed E-state index contributed by atoms with van der Waals surface area (Å²) in [4.78, 5) is 4.61. The van der Waals surface area contributed by atoms with E-state index in [-0.39, 0.29) is 0 Å². The lowest BCUT2D eigenvalue weighted by atomic mass is 10.1. The van der Waals surface area contributed by atoms with Crippen LogP contribution in [0.25, 0.3) is 22.6 Å². The second kappa shape index (κ2) is 6.17. The Hall–Kier alpha value is -2.53. The molecule has 0 unspecified atom stereocenters. The number of benzene rings is 2. The minimum absolute atomic E-state index is 0.416. The lowest BCUT2D eigenvalue weighted by molar-refractivity contribution is 0.0904. The van der Waals surface area contributed by atoms with Gasteiger partial charge in [0.1, 0.15) is 5.52 Å². The number of aryl methyl sites for hydroxylation is 1. The highest BCUT2D eigenvalue weighted by molar-refractivity contribution is 5.81. The number of nitrogens with one attached hydrogen (secondary N) is 1. The molecule has 0 aliphatic carbocycles. The molecule has 0 amide bonds. The molecule has 2 aromatic carbocycles. The molecule has 1 aliphatic heterocycles. The number of hydrogen-bond donors (Lipinski definition) is 2. The SMILES string of the molecule is Cc1cccc2oc(-c3ccc(NC4CCOCC4)c(N)c3)nc12. The van der Waals surface area contributed by atoms with Gasteiger partial charge >= 0.3 is 0 Å². The average Bonchev–Trinajstić information content (AvgIpc) is 3.03. The molecular weight excluding hydrogens is 302 g/mol. The fourth-order valence-corrected chi connectivity index (χ4v) is 3.10. The van der Waals surface area contributed by atoms with E-state index in [2.05, 4.69) is 10.3 Å². The van der Waals surface area contributed by atoms with E-state index in [1.54, 1.807) is 0 Å². The van der Waals surface area contributed by atoms with Crippen LogP contribution in [0.3, 0.4) is 0 Å². The van der Waals surface area contributed by atoms with Crippen molar-refractivity contribution >= 4 is 22.5 Å². The van der Waals surface area contributed by atoms with Gasteiger partial charge in [0.15, 0.2) is 5.58 Å². The standard InChI is InChI=1S/C19H21N3O2/c1-12-3-2-4-17-18(12)22-19(24-17)13-5-6-16(15(20)11-13)21-14-7-9-23-10-8-14/h2-6,11,14,21H,7-10,20H2,1H3. The van der Waals surface area contributed by atoms with Crippen molar-refractivity contribution in [1.82, 2.24) is 4.98 Å². The topological polar surface area (TPSA) is 73.3 Å². The predicted molar refractivity (Wildman–Crippen MR) is 96.1 cm³/mol. The van der Waals surface area contributed by atoms with Gasteiger partial charge in [0, 0.05) is 24.8 Å². The van der Waals surface area contributed by atoms with Gasteiger partial charge < -0.3 is 20.2 Å². The highest BCUT2D eigenvalue weighted by atomic mass is 16.5. The second-order valence-corrected chi connectivity index (χ2v) is 6.27. The van der Waals surface area contributed by atoms with Crippen molar-refractivity contribution < 1.29 is 9.15 Å². The van der Waals surface area contributed by atoms with Gasteiger partial charge in [-0.25, -0.2) is 4.98 Å². The highest BCUT2D eigenvalue weighted by Crippen LogP contribution is 2.30. The summed E-state index contributed by atoms with van der Waals surface area (Å²) < 4.78 is 11.3. The molecule has 4 rings (SSSR count). The summed E-state index contributed by atoms with van der Waals surface area (Å²) >= 11 is 0. The van der Waals surface area contributed by atoms with E-state index in [0.717, 1.165) is 54.0 Å². The third-order valence-electron chi connectivity index (χ3n) is 4.50. The van der Waals surface area contributed by atoms with Crippen LogP contribution in [-0.4, -0.2) is 24.2 Å². The van der Waals surface area contributed by atoms with Crippen LogP contribution in [-0.2, 0) is 4.74 Å². The molecule has 0 radical (unpaired) electrons. The van der Waals surface area contributed by atoms with E-state index < -0.39 is 0 Å². The second-order valence-electron chi connectivity index (χ2n) is 6.27. The molecule has 1 saturated heterocycles. The van der Waals surface area contributed by atoms with Crippen LogP contribution < -0.4 is 11.1 Å². The van der Waals surface area contributed by atoms with Gasteiger partial charge in [-0.2, -0.15) is 0 Å². The first-order chi connectivity index (χ1) is 11.7. The number of ether oxygens (including phenoxy) is 1. The number of oxazole rings is 1. The Bertz CT molecular complexity index is 866. The van der Waals surface area contributed by atoms with Crippen LogP contribution in [0.4, 0.5) is 11.4 Å². The Balaban J connectivity index is 1.61. The molecular formula is C19H21N3O2. The molecule has 24 heavy (non-hydrogen) atoms. The number of rotatable bonds is 3. The Kier molecular flexibility index (Phi) is 3.86. The maximum Gasteiger partial charge on any atom is 0.227 e. The summed E-state index contributed by atoms with van der Waals surface area (Å²) in [6.45, 7) is 3.64. The summed E-state index contributed by atoms with van der Waals surface area (Å²) in [6.07, 6.45) is 2.01. The summed E-state index contributed by atoms with van der Waals surface area (Å²) in [6, 6.07) is 12.3. The molecule has 124 valence electrons. The van der Waals surface area contributed by atoms with Gasteiger partial charge in [-0.3, -0.25) is 0 Å². The molecule has 1 fully saturated rings. The van der Waals surface area contributed by atoms with E-state index in [1.165, 1.54) is 0 Å². The Morgan fingerprint density at radius 1 is 1.17 bits per heavy atom. The molecule has 1 aliphatic rings. The normalized spacial score (nSPS) is 15.7. The van der Waals surface area contributed by atoms with E-state index in [1.807, 2.05) is 43.3 Å². The van der Waals surface area contributed by atoms with Crippen molar-refractivity contribution in [3.8, 4) is 11.5 Å². The van der Waals surface area contributed by atoms with Crippen molar-refractivity contribution in [2.45, 2.75) is 25.8 Å². The number of para-hydroxylation sites is 1. The minimum Gasteiger partial charge on any atom is -0.436 e. The van der Waals surface area contributed by atoms with Gasteiger partial charge in [-0.1, -0.05) is 12.1 Å². The predicted octanol–water partition coefficient (Wildman–Crippen LogP) is 3.98. The molecule has 3 N–H and O–H groups in total. The first kappa shape index (κ1) is 15.0. The van der Waals surface area contributed by atoms with Crippen LogP contribution >= 0.6 is 0 Å². The van der Waals surface area contributed by atoms with Crippen LogP contribution in [0.2, 0.25) is 0 Å². The average molecular weight is 323 g/mol. The molecule has 5 heteroatoms. The first-order valence-electron chi connectivity index (χ1n) is 8.31. The minimum atomic E-state index is 0.416. The summed E-state index contributed by atoms with van der Waals surface area (Å²) in [7, 11) is 0. The quantitative estimate of drug-likeness (QED) is 0.713. The number of nitrogens with two attached hydrogens (primary N) is 1. The monoisotopic (exact) mass is 323 g/mol.